The molecule has 84 valence electrons. The van der Waals surface area contributed by atoms with Gasteiger partial charge in [-0.3, -0.25) is 4.79 Å². The molecule has 2 unspecified atom stereocenters. The van der Waals surface area contributed by atoms with Crippen molar-refractivity contribution in [1.82, 2.24) is 9.97 Å². The van der Waals surface area contributed by atoms with Gasteiger partial charge in [-0.1, -0.05) is 20.3 Å². The van der Waals surface area contributed by atoms with E-state index in [1.54, 1.807) is 0 Å². The fourth-order valence-electron chi connectivity index (χ4n) is 1.20. The van der Waals surface area contributed by atoms with Crippen LogP contribution in [0.2, 0.25) is 0 Å². The Balaban J connectivity index is 2.81. The summed E-state index contributed by atoms with van der Waals surface area (Å²) in [6, 6.07) is 0.292. The molecule has 1 rings (SSSR count). The maximum atomic E-state index is 11.3. The Morgan fingerprint density at radius 1 is 1.60 bits per heavy atom. The fraction of sp³-hybridized carbons (Fsp3) is 0.600. The molecule has 2 atom stereocenters. The molecule has 0 saturated heterocycles. The molecule has 0 aliphatic rings. The Bertz CT molecular complexity index is 377. The average Bonchev–Trinajstić information content (AvgIpc) is 2.23. The second-order valence-electron chi connectivity index (χ2n) is 3.71. The lowest BCUT2D eigenvalue weighted by Gasteiger charge is -2.20. The van der Waals surface area contributed by atoms with Crippen LogP contribution in [0.4, 0.5) is 5.82 Å². The molecule has 0 radical (unpaired) electrons. The number of aromatic nitrogens is 2. The monoisotopic (exact) mass is 273 g/mol. The van der Waals surface area contributed by atoms with Gasteiger partial charge in [-0.15, -0.1) is 0 Å². The van der Waals surface area contributed by atoms with E-state index in [0.29, 0.717) is 22.3 Å². The Labute approximate surface area is 97.6 Å². The van der Waals surface area contributed by atoms with Crippen molar-refractivity contribution in [3.8, 4) is 0 Å². The topological polar surface area (TPSA) is 57.8 Å². The highest BCUT2D eigenvalue weighted by atomic mass is 79.9. The maximum absolute atomic E-state index is 11.3. The van der Waals surface area contributed by atoms with E-state index in [2.05, 4.69) is 52.0 Å². The minimum atomic E-state index is -0.163. The average molecular weight is 274 g/mol. The van der Waals surface area contributed by atoms with E-state index in [1.165, 1.54) is 6.33 Å². The molecule has 0 aromatic carbocycles. The van der Waals surface area contributed by atoms with Crippen LogP contribution in [-0.4, -0.2) is 16.0 Å². The summed E-state index contributed by atoms with van der Waals surface area (Å²) in [5.41, 5.74) is -0.163. The van der Waals surface area contributed by atoms with Gasteiger partial charge >= 0.3 is 0 Å². The molecular weight excluding hydrogens is 258 g/mol. The third-order valence-electron chi connectivity index (χ3n) is 2.66. The minimum absolute atomic E-state index is 0.163. The second-order valence-corrected chi connectivity index (χ2v) is 4.51. The first kappa shape index (κ1) is 12.2. The van der Waals surface area contributed by atoms with Crippen molar-refractivity contribution in [2.75, 3.05) is 5.32 Å². The third kappa shape index (κ3) is 3.06. The van der Waals surface area contributed by atoms with Crippen LogP contribution in [0.15, 0.2) is 15.6 Å². The van der Waals surface area contributed by atoms with Gasteiger partial charge in [0.2, 0.25) is 0 Å². The van der Waals surface area contributed by atoms with Gasteiger partial charge in [0, 0.05) is 6.04 Å². The molecule has 0 bridgehead atoms. The molecule has 1 aromatic rings. The molecule has 4 nitrogen and oxygen atoms in total. The summed E-state index contributed by atoms with van der Waals surface area (Å²) in [6.45, 7) is 6.39. The Morgan fingerprint density at radius 2 is 2.27 bits per heavy atom. The number of H-pyrrole nitrogens is 1. The van der Waals surface area contributed by atoms with Crippen molar-refractivity contribution in [2.45, 2.75) is 33.2 Å². The normalized spacial score (nSPS) is 14.7. The van der Waals surface area contributed by atoms with Gasteiger partial charge in [0.25, 0.3) is 5.56 Å². The number of hydrogen-bond acceptors (Lipinski definition) is 3. The predicted molar refractivity (Wildman–Crippen MR) is 65.1 cm³/mol. The molecule has 0 aliphatic heterocycles. The van der Waals surface area contributed by atoms with E-state index >= 15 is 0 Å². The molecule has 1 aromatic heterocycles. The Kier molecular flexibility index (Phi) is 4.32. The van der Waals surface area contributed by atoms with Gasteiger partial charge in [-0.05, 0) is 28.8 Å². The molecule has 0 aliphatic carbocycles. The van der Waals surface area contributed by atoms with Gasteiger partial charge in [0.15, 0.2) is 0 Å². The van der Waals surface area contributed by atoms with Gasteiger partial charge in [0.05, 0.1) is 6.33 Å². The molecule has 15 heavy (non-hydrogen) atoms. The number of halogens is 1. The van der Waals surface area contributed by atoms with E-state index in [1.807, 2.05) is 0 Å². The first-order valence-corrected chi connectivity index (χ1v) is 5.85. The third-order valence-corrected chi connectivity index (χ3v) is 3.39. The molecule has 2 N–H and O–H groups in total. The van der Waals surface area contributed by atoms with Crippen molar-refractivity contribution in [3.63, 3.8) is 0 Å². The number of nitrogens with zero attached hydrogens (tertiary/aromatic N) is 1. The van der Waals surface area contributed by atoms with Crippen molar-refractivity contribution in [2.24, 2.45) is 5.92 Å². The zero-order valence-corrected chi connectivity index (χ0v) is 10.8. The highest BCUT2D eigenvalue weighted by Crippen LogP contribution is 2.17. The summed E-state index contributed by atoms with van der Waals surface area (Å²) in [7, 11) is 0. The summed E-state index contributed by atoms with van der Waals surface area (Å²) in [5, 5.41) is 3.22. The van der Waals surface area contributed by atoms with Crippen LogP contribution in [0, 0.1) is 5.92 Å². The van der Waals surface area contributed by atoms with Crippen LogP contribution in [0.5, 0.6) is 0 Å². The molecule has 0 saturated carbocycles. The van der Waals surface area contributed by atoms with E-state index in [-0.39, 0.29) is 5.56 Å². The van der Waals surface area contributed by atoms with E-state index in [0.717, 1.165) is 6.42 Å². The number of hydrogen-bond donors (Lipinski definition) is 2. The molecule has 0 fully saturated rings. The van der Waals surface area contributed by atoms with Gasteiger partial charge in [0.1, 0.15) is 10.3 Å². The van der Waals surface area contributed by atoms with Crippen molar-refractivity contribution in [3.05, 3.63) is 21.2 Å². The summed E-state index contributed by atoms with van der Waals surface area (Å²) >= 11 is 3.21. The summed E-state index contributed by atoms with van der Waals surface area (Å²) in [6.07, 6.45) is 2.49. The molecule has 0 spiro atoms. The minimum Gasteiger partial charge on any atom is -0.366 e. The van der Waals surface area contributed by atoms with Gasteiger partial charge in [-0.2, -0.15) is 0 Å². The lowest BCUT2D eigenvalue weighted by molar-refractivity contribution is 0.493. The Hall–Kier alpha value is -0.840. The SMILES string of the molecule is CCC(C)C(C)Nc1nc[nH]c(=O)c1Br. The van der Waals surface area contributed by atoms with Crippen LogP contribution in [0.25, 0.3) is 0 Å². The van der Waals surface area contributed by atoms with Gasteiger partial charge < -0.3 is 10.3 Å². The molecule has 5 heteroatoms. The summed E-state index contributed by atoms with van der Waals surface area (Å²) in [4.78, 5) is 17.9. The van der Waals surface area contributed by atoms with Crippen LogP contribution >= 0.6 is 15.9 Å². The number of aromatic amines is 1. The highest BCUT2D eigenvalue weighted by molar-refractivity contribution is 9.10. The van der Waals surface area contributed by atoms with Crippen LogP contribution < -0.4 is 10.9 Å². The first-order valence-electron chi connectivity index (χ1n) is 5.06. The van der Waals surface area contributed by atoms with Gasteiger partial charge in [-0.25, -0.2) is 4.98 Å². The lowest BCUT2D eigenvalue weighted by atomic mass is 10.0. The zero-order chi connectivity index (χ0) is 11.4. The van der Waals surface area contributed by atoms with E-state index in [4.69, 9.17) is 0 Å². The van der Waals surface area contributed by atoms with E-state index < -0.39 is 0 Å². The first-order chi connectivity index (χ1) is 7.06. The highest BCUT2D eigenvalue weighted by Gasteiger charge is 2.13. The van der Waals surface area contributed by atoms with Crippen LogP contribution in [0.1, 0.15) is 27.2 Å². The number of nitrogens with one attached hydrogen (secondary N) is 2. The number of rotatable bonds is 4. The quantitative estimate of drug-likeness (QED) is 0.886. The zero-order valence-electron chi connectivity index (χ0n) is 9.17. The molecule has 0 amide bonds. The standard InChI is InChI=1S/C10H16BrN3O/c1-4-6(2)7(3)14-9-8(11)10(15)13-5-12-9/h5-7H,4H2,1-3H3,(H2,12,13,14,15). The maximum Gasteiger partial charge on any atom is 0.267 e. The predicted octanol–water partition coefficient (Wildman–Crippen LogP) is 2.38. The van der Waals surface area contributed by atoms with Crippen LogP contribution in [-0.2, 0) is 0 Å². The largest absolute Gasteiger partial charge is 0.366 e. The van der Waals surface area contributed by atoms with Crippen molar-refractivity contribution < 1.29 is 0 Å². The number of anilines is 1. The van der Waals surface area contributed by atoms with E-state index in [9.17, 15) is 4.79 Å². The fourth-order valence-corrected chi connectivity index (χ4v) is 1.53. The molecule has 1 heterocycles. The summed E-state index contributed by atoms with van der Waals surface area (Å²) < 4.78 is 0.458. The molecular formula is C10H16BrN3O. The second kappa shape index (κ2) is 5.30. The van der Waals surface area contributed by atoms with Crippen molar-refractivity contribution in [1.29, 1.82) is 0 Å². The van der Waals surface area contributed by atoms with Crippen molar-refractivity contribution >= 4 is 21.7 Å². The van der Waals surface area contributed by atoms with Crippen LogP contribution in [0.3, 0.4) is 0 Å². The Morgan fingerprint density at radius 3 is 2.87 bits per heavy atom. The smallest absolute Gasteiger partial charge is 0.267 e. The lowest BCUT2D eigenvalue weighted by Crippen LogP contribution is -2.25. The summed E-state index contributed by atoms with van der Waals surface area (Å²) in [5.74, 6) is 1.14.